The van der Waals surface area contributed by atoms with Gasteiger partial charge in [0.15, 0.2) is 5.17 Å². The van der Waals surface area contributed by atoms with Crippen LogP contribution in [0.25, 0.3) is 0 Å². The van der Waals surface area contributed by atoms with E-state index < -0.39 is 0 Å². The molecule has 2 atom stereocenters. The molecule has 0 aromatic carbocycles. The third-order valence-electron chi connectivity index (χ3n) is 4.62. The van der Waals surface area contributed by atoms with E-state index in [1.165, 1.54) is 31.4 Å². The van der Waals surface area contributed by atoms with Gasteiger partial charge in [-0.05, 0) is 37.5 Å². The zero-order valence-corrected chi connectivity index (χ0v) is 12.7. The zero-order chi connectivity index (χ0) is 13.0. The molecule has 0 spiro atoms. The van der Waals surface area contributed by atoms with E-state index in [2.05, 4.69) is 19.2 Å². The summed E-state index contributed by atoms with van der Waals surface area (Å²) in [5.74, 6) is 1.21. The van der Waals surface area contributed by atoms with Gasteiger partial charge in [-0.1, -0.05) is 25.6 Å². The van der Waals surface area contributed by atoms with Gasteiger partial charge in [-0.25, -0.2) is 0 Å². The SMILES string of the molecule is CCC1(CC)CN=C(NC2CCC(OC)C2)SC1. The van der Waals surface area contributed by atoms with E-state index in [4.69, 9.17) is 9.73 Å². The molecule has 0 radical (unpaired) electrons. The van der Waals surface area contributed by atoms with E-state index in [1.54, 1.807) is 0 Å². The van der Waals surface area contributed by atoms with Gasteiger partial charge in [0, 0.05) is 25.4 Å². The Hall–Kier alpha value is -0.220. The van der Waals surface area contributed by atoms with Crippen LogP contribution >= 0.6 is 11.8 Å². The molecule has 0 aromatic heterocycles. The molecule has 0 bridgehead atoms. The van der Waals surface area contributed by atoms with Crippen LogP contribution in [0.1, 0.15) is 46.0 Å². The maximum Gasteiger partial charge on any atom is 0.156 e. The Labute approximate surface area is 115 Å². The second-order valence-corrected chi connectivity index (χ2v) is 6.59. The zero-order valence-electron chi connectivity index (χ0n) is 11.9. The normalized spacial score (nSPS) is 31.2. The average Bonchev–Trinajstić information content (AvgIpc) is 2.88. The van der Waals surface area contributed by atoms with Crippen molar-refractivity contribution in [3.8, 4) is 0 Å². The van der Waals surface area contributed by atoms with Crippen molar-refractivity contribution in [2.75, 3.05) is 19.4 Å². The highest BCUT2D eigenvalue weighted by Gasteiger charge is 2.31. The number of aliphatic imine (C=N–C) groups is 1. The highest BCUT2D eigenvalue weighted by molar-refractivity contribution is 8.13. The lowest BCUT2D eigenvalue weighted by Gasteiger charge is -2.34. The van der Waals surface area contributed by atoms with E-state index in [0.717, 1.165) is 18.1 Å². The largest absolute Gasteiger partial charge is 0.381 e. The Morgan fingerprint density at radius 2 is 2.17 bits per heavy atom. The lowest BCUT2D eigenvalue weighted by atomic mass is 9.84. The van der Waals surface area contributed by atoms with Gasteiger partial charge >= 0.3 is 0 Å². The standard InChI is InChI=1S/C14H26N2OS/c1-4-14(5-2)9-15-13(18-10-14)16-11-6-7-12(8-11)17-3/h11-12H,4-10H2,1-3H3,(H,15,16). The summed E-state index contributed by atoms with van der Waals surface area (Å²) < 4.78 is 5.41. The summed E-state index contributed by atoms with van der Waals surface area (Å²) in [5.41, 5.74) is 0.445. The lowest BCUT2D eigenvalue weighted by Crippen LogP contribution is -2.38. The monoisotopic (exact) mass is 270 g/mol. The average molecular weight is 270 g/mol. The third kappa shape index (κ3) is 3.21. The third-order valence-corrected chi connectivity index (χ3v) is 5.90. The highest BCUT2D eigenvalue weighted by atomic mass is 32.2. The molecule has 1 fully saturated rings. The fourth-order valence-electron chi connectivity index (χ4n) is 2.78. The summed E-state index contributed by atoms with van der Waals surface area (Å²) in [6.45, 7) is 5.58. The Morgan fingerprint density at radius 1 is 1.39 bits per heavy atom. The molecule has 1 aliphatic carbocycles. The minimum atomic E-state index is 0.445. The van der Waals surface area contributed by atoms with E-state index in [1.807, 2.05) is 18.9 Å². The van der Waals surface area contributed by atoms with Crippen molar-refractivity contribution in [2.24, 2.45) is 10.4 Å². The van der Waals surface area contributed by atoms with E-state index in [9.17, 15) is 0 Å². The van der Waals surface area contributed by atoms with Crippen molar-refractivity contribution in [1.82, 2.24) is 5.32 Å². The summed E-state index contributed by atoms with van der Waals surface area (Å²) in [6, 6.07) is 0.567. The molecule has 3 nitrogen and oxygen atoms in total. The van der Waals surface area contributed by atoms with Gasteiger partial charge in [-0.3, -0.25) is 4.99 Å². The van der Waals surface area contributed by atoms with Crippen molar-refractivity contribution in [3.05, 3.63) is 0 Å². The van der Waals surface area contributed by atoms with E-state index in [0.29, 0.717) is 17.6 Å². The van der Waals surface area contributed by atoms with Crippen LogP contribution < -0.4 is 5.32 Å². The van der Waals surface area contributed by atoms with Crippen LogP contribution in [0.4, 0.5) is 0 Å². The lowest BCUT2D eigenvalue weighted by molar-refractivity contribution is 0.107. The number of methoxy groups -OCH3 is 1. The van der Waals surface area contributed by atoms with Crippen LogP contribution in [0.2, 0.25) is 0 Å². The van der Waals surface area contributed by atoms with Gasteiger partial charge in [0.2, 0.25) is 0 Å². The molecule has 1 heterocycles. The Balaban J connectivity index is 1.84. The van der Waals surface area contributed by atoms with Crippen molar-refractivity contribution in [3.63, 3.8) is 0 Å². The molecule has 18 heavy (non-hydrogen) atoms. The van der Waals surface area contributed by atoms with Crippen molar-refractivity contribution in [2.45, 2.75) is 58.1 Å². The van der Waals surface area contributed by atoms with Crippen molar-refractivity contribution >= 4 is 16.9 Å². The van der Waals surface area contributed by atoms with Crippen molar-refractivity contribution < 1.29 is 4.74 Å². The first-order valence-electron chi connectivity index (χ1n) is 7.18. The number of nitrogens with one attached hydrogen (secondary N) is 1. The molecule has 0 saturated heterocycles. The minimum absolute atomic E-state index is 0.445. The molecule has 1 N–H and O–H groups in total. The smallest absolute Gasteiger partial charge is 0.156 e. The molecule has 4 heteroatoms. The molecule has 1 aliphatic heterocycles. The van der Waals surface area contributed by atoms with E-state index in [-0.39, 0.29) is 0 Å². The first-order chi connectivity index (χ1) is 8.71. The topological polar surface area (TPSA) is 33.6 Å². The molecule has 104 valence electrons. The summed E-state index contributed by atoms with van der Waals surface area (Å²) >= 11 is 1.91. The quantitative estimate of drug-likeness (QED) is 0.852. The fourth-order valence-corrected chi connectivity index (χ4v) is 4.13. The Kier molecular flexibility index (Phi) is 4.96. The first kappa shape index (κ1) is 14.2. The number of amidine groups is 1. The Morgan fingerprint density at radius 3 is 2.67 bits per heavy atom. The summed E-state index contributed by atoms with van der Waals surface area (Å²) in [7, 11) is 1.82. The van der Waals surface area contributed by atoms with Gasteiger partial charge in [-0.2, -0.15) is 0 Å². The number of hydrogen-bond donors (Lipinski definition) is 1. The molecule has 0 amide bonds. The van der Waals surface area contributed by atoms with Gasteiger partial charge in [-0.15, -0.1) is 0 Å². The molecular formula is C14H26N2OS. The number of rotatable bonds is 4. The highest BCUT2D eigenvalue weighted by Crippen LogP contribution is 2.35. The number of thioether (sulfide) groups is 1. The molecular weight excluding hydrogens is 244 g/mol. The Bertz CT molecular complexity index is 302. The maximum atomic E-state index is 5.41. The van der Waals surface area contributed by atoms with Gasteiger partial charge in [0.25, 0.3) is 0 Å². The van der Waals surface area contributed by atoms with E-state index >= 15 is 0 Å². The number of ether oxygens (including phenoxy) is 1. The van der Waals surface area contributed by atoms with Crippen LogP contribution in [0.15, 0.2) is 4.99 Å². The van der Waals surface area contributed by atoms with Crippen LogP contribution in [-0.4, -0.2) is 36.7 Å². The second kappa shape index (κ2) is 6.29. The van der Waals surface area contributed by atoms with Crippen LogP contribution in [-0.2, 0) is 4.74 Å². The summed E-state index contributed by atoms with van der Waals surface area (Å²) in [5, 5.41) is 4.76. The van der Waals surface area contributed by atoms with Crippen LogP contribution in [0.3, 0.4) is 0 Å². The number of nitrogens with zero attached hydrogens (tertiary/aromatic N) is 1. The van der Waals surface area contributed by atoms with Crippen LogP contribution in [0.5, 0.6) is 0 Å². The molecule has 2 aliphatic rings. The molecule has 0 aromatic rings. The molecule has 2 unspecified atom stereocenters. The van der Waals surface area contributed by atoms with Crippen molar-refractivity contribution in [1.29, 1.82) is 0 Å². The summed E-state index contributed by atoms with van der Waals surface area (Å²) in [6.07, 6.45) is 6.44. The van der Waals surface area contributed by atoms with Gasteiger partial charge in [0.1, 0.15) is 0 Å². The molecule has 2 rings (SSSR count). The summed E-state index contributed by atoms with van der Waals surface area (Å²) in [4.78, 5) is 4.77. The van der Waals surface area contributed by atoms with Crippen LogP contribution in [0, 0.1) is 5.41 Å². The number of hydrogen-bond acceptors (Lipinski definition) is 4. The fraction of sp³-hybridized carbons (Fsp3) is 0.929. The molecule has 1 saturated carbocycles. The first-order valence-corrected chi connectivity index (χ1v) is 8.16. The maximum absolute atomic E-state index is 5.41. The van der Waals surface area contributed by atoms with Gasteiger partial charge < -0.3 is 10.1 Å². The minimum Gasteiger partial charge on any atom is -0.381 e. The van der Waals surface area contributed by atoms with Gasteiger partial charge in [0.05, 0.1) is 6.10 Å². The predicted molar refractivity (Wildman–Crippen MR) is 79.3 cm³/mol. The predicted octanol–water partition coefficient (Wildman–Crippen LogP) is 3.05. The second-order valence-electron chi connectivity index (χ2n) is 5.63.